The lowest BCUT2D eigenvalue weighted by atomic mass is 10.0. The van der Waals surface area contributed by atoms with Gasteiger partial charge in [-0.2, -0.15) is 0 Å². The number of anilines is 1. The molecule has 0 spiro atoms. The van der Waals surface area contributed by atoms with E-state index in [1.54, 1.807) is 13.4 Å². The van der Waals surface area contributed by atoms with E-state index in [9.17, 15) is 4.79 Å². The van der Waals surface area contributed by atoms with Gasteiger partial charge in [-0.1, -0.05) is 29.8 Å². The van der Waals surface area contributed by atoms with Crippen LogP contribution in [-0.2, 0) is 13.0 Å². The quantitative estimate of drug-likeness (QED) is 0.429. The number of amides is 2. The number of ether oxygens (including phenoxy) is 1. The van der Waals surface area contributed by atoms with E-state index in [2.05, 4.69) is 22.3 Å². The Morgan fingerprint density at radius 2 is 1.94 bits per heavy atom. The number of rotatable bonds is 8. The summed E-state index contributed by atoms with van der Waals surface area (Å²) in [5.41, 5.74) is 3.03. The Morgan fingerprint density at radius 1 is 1.18 bits per heavy atom. The first-order valence-electron chi connectivity index (χ1n) is 11.7. The number of nitrogens with zero attached hydrogens (tertiary/aromatic N) is 2. The van der Waals surface area contributed by atoms with Gasteiger partial charge < -0.3 is 24.3 Å². The van der Waals surface area contributed by atoms with Crippen LogP contribution in [0.15, 0.2) is 65.3 Å². The van der Waals surface area contributed by atoms with E-state index in [1.807, 2.05) is 54.3 Å². The minimum absolute atomic E-state index is 0.132. The van der Waals surface area contributed by atoms with Crippen LogP contribution in [0.2, 0.25) is 5.02 Å². The summed E-state index contributed by atoms with van der Waals surface area (Å²) in [4.78, 5) is 17.8. The minimum Gasteiger partial charge on any atom is -0.495 e. The Hall–Kier alpha value is -2.96. The molecule has 1 aliphatic rings. The molecule has 1 N–H and O–H groups in total. The molecule has 2 aromatic carbocycles. The van der Waals surface area contributed by atoms with Gasteiger partial charge in [0.2, 0.25) is 0 Å². The molecule has 0 radical (unpaired) electrons. The standard InChI is InChI=1S/C27H32ClN3O3/c1-20-5-10-26(33-2)25(18-20)29-27(32)31(19-24-4-3-17-34-24)23-12-15-30(16-13-23)14-11-21-6-8-22(28)9-7-21/h3-10,17-18,23H,11-16,19H2,1-2H3,(H,29,32). The number of furan rings is 1. The number of piperidine rings is 1. The van der Waals surface area contributed by atoms with Crippen molar-refractivity contribution in [3.63, 3.8) is 0 Å². The molecule has 1 aliphatic heterocycles. The molecule has 3 aromatic rings. The average molecular weight is 482 g/mol. The smallest absolute Gasteiger partial charge is 0.322 e. The maximum Gasteiger partial charge on any atom is 0.322 e. The average Bonchev–Trinajstić information content (AvgIpc) is 3.36. The van der Waals surface area contributed by atoms with Crippen molar-refractivity contribution >= 4 is 23.3 Å². The normalized spacial score (nSPS) is 14.7. The molecule has 6 nitrogen and oxygen atoms in total. The molecule has 1 saturated heterocycles. The highest BCUT2D eigenvalue weighted by Gasteiger charge is 2.29. The number of hydrogen-bond acceptors (Lipinski definition) is 4. The Morgan fingerprint density at radius 3 is 2.62 bits per heavy atom. The lowest BCUT2D eigenvalue weighted by molar-refractivity contribution is 0.119. The molecule has 0 saturated carbocycles. The van der Waals surface area contributed by atoms with Crippen LogP contribution >= 0.6 is 11.6 Å². The molecule has 180 valence electrons. The fourth-order valence-electron chi connectivity index (χ4n) is 4.44. The molecular weight excluding hydrogens is 450 g/mol. The van der Waals surface area contributed by atoms with Crippen molar-refractivity contribution in [1.82, 2.24) is 9.80 Å². The van der Waals surface area contributed by atoms with Gasteiger partial charge in [-0.25, -0.2) is 4.79 Å². The molecule has 34 heavy (non-hydrogen) atoms. The summed E-state index contributed by atoms with van der Waals surface area (Å²) in [5, 5.41) is 3.84. The fraction of sp³-hybridized carbons (Fsp3) is 0.370. The highest BCUT2D eigenvalue weighted by atomic mass is 35.5. The van der Waals surface area contributed by atoms with Gasteiger partial charge in [-0.05, 0) is 73.7 Å². The van der Waals surface area contributed by atoms with E-state index in [-0.39, 0.29) is 12.1 Å². The number of hydrogen-bond donors (Lipinski definition) is 1. The molecule has 1 fully saturated rings. The predicted molar refractivity (Wildman–Crippen MR) is 136 cm³/mol. The molecular formula is C27H32ClN3O3. The summed E-state index contributed by atoms with van der Waals surface area (Å²) in [7, 11) is 1.61. The maximum absolute atomic E-state index is 13.4. The van der Waals surface area contributed by atoms with E-state index < -0.39 is 0 Å². The lowest BCUT2D eigenvalue weighted by Gasteiger charge is -2.38. The van der Waals surface area contributed by atoms with Crippen molar-refractivity contribution in [2.75, 3.05) is 32.1 Å². The van der Waals surface area contributed by atoms with Crippen LogP contribution in [0, 0.1) is 6.92 Å². The van der Waals surface area contributed by atoms with Crippen LogP contribution in [0.5, 0.6) is 5.75 Å². The van der Waals surface area contributed by atoms with Crippen molar-refractivity contribution in [2.24, 2.45) is 0 Å². The third kappa shape index (κ3) is 6.33. The van der Waals surface area contributed by atoms with E-state index >= 15 is 0 Å². The number of likely N-dealkylation sites (tertiary alicyclic amines) is 1. The van der Waals surface area contributed by atoms with Crippen molar-refractivity contribution in [3.8, 4) is 5.75 Å². The second-order valence-corrected chi connectivity index (χ2v) is 9.23. The van der Waals surface area contributed by atoms with E-state index in [0.717, 1.165) is 55.2 Å². The zero-order valence-electron chi connectivity index (χ0n) is 19.8. The number of nitrogens with one attached hydrogen (secondary N) is 1. The van der Waals surface area contributed by atoms with Crippen LogP contribution in [0.1, 0.15) is 29.7 Å². The van der Waals surface area contributed by atoms with Crippen molar-refractivity contribution in [1.29, 1.82) is 0 Å². The van der Waals surface area contributed by atoms with Crippen LogP contribution in [0.25, 0.3) is 0 Å². The number of halogens is 1. The van der Waals surface area contributed by atoms with E-state index in [1.165, 1.54) is 5.56 Å². The summed E-state index contributed by atoms with van der Waals surface area (Å²) in [6.07, 6.45) is 4.47. The molecule has 0 bridgehead atoms. The molecule has 0 atom stereocenters. The van der Waals surface area contributed by atoms with E-state index in [0.29, 0.717) is 18.0 Å². The Kier molecular flexibility index (Phi) is 8.14. The number of methoxy groups -OCH3 is 1. The van der Waals surface area contributed by atoms with Gasteiger partial charge in [0.15, 0.2) is 0 Å². The van der Waals surface area contributed by atoms with Crippen molar-refractivity contribution < 1.29 is 13.9 Å². The largest absolute Gasteiger partial charge is 0.495 e. The van der Waals surface area contributed by atoms with Crippen LogP contribution in [0.3, 0.4) is 0 Å². The van der Waals surface area contributed by atoms with Crippen LogP contribution in [0.4, 0.5) is 10.5 Å². The topological polar surface area (TPSA) is 58.0 Å². The van der Waals surface area contributed by atoms with Gasteiger partial charge in [0.05, 0.1) is 25.6 Å². The summed E-state index contributed by atoms with van der Waals surface area (Å²) in [5.74, 6) is 1.42. The van der Waals surface area contributed by atoms with Gasteiger partial charge >= 0.3 is 6.03 Å². The molecule has 0 unspecified atom stereocenters. The first kappa shape index (κ1) is 24.2. The Balaban J connectivity index is 1.39. The molecule has 2 amide bonds. The highest BCUT2D eigenvalue weighted by molar-refractivity contribution is 6.30. The lowest BCUT2D eigenvalue weighted by Crippen LogP contribution is -2.48. The van der Waals surface area contributed by atoms with Crippen molar-refractivity contribution in [3.05, 3.63) is 82.8 Å². The van der Waals surface area contributed by atoms with Crippen LogP contribution < -0.4 is 10.1 Å². The Bertz CT molecular complexity index is 1060. The monoisotopic (exact) mass is 481 g/mol. The zero-order chi connectivity index (χ0) is 23.9. The molecule has 7 heteroatoms. The van der Waals surface area contributed by atoms with Gasteiger partial charge in [0, 0.05) is 30.7 Å². The predicted octanol–water partition coefficient (Wildman–Crippen LogP) is 5.99. The van der Waals surface area contributed by atoms with Gasteiger partial charge in [-0.3, -0.25) is 0 Å². The number of urea groups is 1. The minimum atomic E-state index is -0.139. The maximum atomic E-state index is 13.4. The SMILES string of the molecule is COc1ccc(C)cc1NC(=O)N(Cc1ccco1)C1CCN(CCc2ccc(Cl)cc2)CC1. The number of carbonyl (C=O) groups excluding carboxylic acids is 1. The van der Waals surface area contributed by atoms with Crippen LogP contribution in [-0.4, -0.2) is 48.6 Å². The second-order valence-electron chi connectivity index (χ2n) is 8.79. The second kappa shape index (κ2) is 11.4. The van der Waals surface area contributed by atoms with Gasteiger partial charge in [-0.15, -0.1) is 0 Å². The van der Waals surface area contributed by atoms with Gasteiger partial charge in [0.25, 0.3) is 0 Å². The number of aryl methyl sites for hydroxylation is 1. The van der Waals surface area contributed by atoms with Crippen molar-refractivity contribution in [2.45, 2.75) is 38.8 Å². The summed E-state index contributed by atoms with van der Waals surface area (Å²) in [6, 6.07) is 17.6. The summed E-state index contributed by atoms with van der Waals surface area (Å²) in [6.45, 7) is 5.33. The third-order valence-electron chi connectivity index (χ3n) is 6.39. The molecule has 4 rings (SSSR count). The van der Waals surface area contributed by atoms with Gasteiger partial charge in [0.1, 0.15) is 11.5 Å². The first-order chi connectivity index (χ1) is 16.5. The zero-order valence-corrected chi connectivity index (χ0v) is 20.6. The number of carbonyl (C=O) groups is 1. The summed E-state index contributed by atoms with van der Waals surface area (Å²) < 4.78 is 11.0. The number of benzene rings is 2. The Labute approximate surface area is 206 Å². The molecule has 1 aromatic heterocycles. The fourth-order valence-corrected chi connectivity index (χ4v) is 4.56. The molecule has 2 heterocycles. The molecule has 0 aliphatic carbocycles. The van der Waals surface area contributed by atoms with E-state index in [4.69, 9.17) is 20.8 Å². The highest BCUT2D eigenvalue weighted by Crippen LogP contribution is 2.27. The first-order valence-corrected chi connectivity index (χ1v) is 12.1. The summed E-state index contributed by atoms with van der Waals surface area (Å²) >= 11 is 6.00. The third-order valence-corrected chi connectivity index (χ3v) is 6.64.